The van der Waals surface area contributed by atoms with Crippen LogP contribution in [0.3, 0.4) is 0 Å². The van der Waals surface area contributed by atoms with Crippen molar-refractivity contribution in [3.05, 3.63) is 65.5 Å². The van der Waals surface area contributed by atoms with Crippen molar-refractivity contribution in [3.8, 4) is 22.6 Å². The van der Waals surface area contributed by atoms with Gasteiger partial charge in [0.05, 0.1) is 41.7 Å². The third-order valence-corrected chi connectivity index (χ3v) is 6.76. The molecule has 0 aliphatic heterocycles. The van der Waals surface area contributed by atoms with Gasteiger partial charge < -0.3 is 29.6 Å². The van der Waals surface area contributed by atoms with Gasteiger partial charge in [0.1, 0.15) is 11.6 Å². The highest BCUT2D eigenvalue weighted by molar-refractivity contribution is 6.13. The molecule has 4 aromatic rings. The highest BCUT2D eigenvalue weighted by Crippen LogP contribution is 2.42. The Hall–Kier alpha value is -4.37. The molecule has 4 rings (SSSR count). The predicted molar refractivity (Wildman–Crippen MR) is 160 cm³/mol. The Labute approximate surface area is 235 Å². The number of ether oxygens (including phenoxy) is 2. The number of aromatic nitrogens is 2. The van der Waals surface area contributed by atoms with E-state index in [0.717, 1.165) is 47.4 Å². The number of methoxy groups -OCH3 is 1. The number of fused-ring (bicyclic) bond motifs is 1. The molecular formula is C31H37N5O4. The molecule has 1 heterocycles. The van der Waals surface area contributed by atoms with E-state index < -0.39 is 0 Å². The third kappa shape index (κ3) is 6.10. The second-order valence-electron chi connectivity index (χ2n) is 10.0. The Morgan fingerprint density at radius 2 is 1.85 bits per heavy atom. The number of aryl methyl sites for hydroxylation is 2. The van der Waals surface area contributed by atoms with Gasteiger partial charge in [0.15, 0.2) is 5.75 Å². The lowest BCUT2D eigenvalue weighted by molar-refractivity contribution is -0.105. The van der Waals surface area contributed by atoms with Crippen LogP contribution in [0, 0.1) is 13.8 Å². The number of benzene rings is 3. The van der Waals surface area contributed by atoms with Crippen molar-refractivity contribution in [1.29, 1.82) is 0 Å². The van der Waals surface area contributed by atoms with Gasteiger partial charge in [0.25, 0.3) is 5.91 Å². The van der Waals surface area contributed by atoms with E-state index in [2.05, 4.69) is 20.2 Å². The van der Waals surface area contributed by atoms with Gasteiger partial charge in [0, 0.05) is 18.2 Å². The highest BCUT2D eigenvalue weighted by atomic mass is 16.5. The predicted octanol–water partition coefficient (Wildman–Crippen LogP) is 5.42. The van der Waals surface area contributed by atoms with Gasteiger partial charge in [-0.3, -0.25) is 9.59 Å². The second-order valence-corrected chi connectivity index (χ2v) is 10.0. The maximum atomic E-state index is 13.9. The van der Waals surface area contributed by atoms with Crippen molar-refractivity contribution in [3.63, 3.8) is 0 Å². The number of aromatic amines is 1. The number of H-pyrrole nitrogens is 1. The van der Waals surface area contributed by atoms with Gasteiger partial charge in [-0.25, -0.2) is 4.98 Å². The van der Waals surface area contributed by atoms with E-state index in [-0.39, 0.29) is 17.2 Å². The summed E-state index contributed by atoms with van der Waals surface area (Å²) in [6.07, 6.45) is 2.46. The summed E-state index contributed by atoms with van der Waals surface area (Å²) in [6, 6.07) is 15.1. The molecule has 9 heteroatoms. The van der Waals surface area contributed by atoms with E-state index in [0.29, 0.717) is 35.8 Å². The molecular weight excluding hydrogens is 506 g/mol. The number of nitrogens with zero attached hydrogens (tertiary/aromatic N) is 3. The summed E-state index contributed by atoms with van der Waals surface area (Å²) in [6.45, 7) is 5.42. The molecule has 0 fully saturated rings. The number of imidazole rings is 1. The molecule has 3 aromatic carbocycles. The standard InChI is InChI=1S/C31H37N5O4/c1-20-12-15-26(27(18-20)40-17-8-7-16-35(3)4)36(5)31(38)24-14-13-23(30(39-6)29(24)32-19-37)22-10-9-11-25-28(22)34-21(2)33-25/h9-15,18-19H,7-8,16-17H2,1-6H3,(H,32,37)(H,33,34). The number of nitrogens with one attached hydrogen (secondary N) is 2. The van der Waals surface area contributed by atoms with Gasteiger partial charge in [-0.05, 0) is 83.2 Å². The van der Waals surface area contributed by atoms with Crippen molar-refractivity contribution in [1.82, 2.24) is 14.9 Å². The zero-order valence-electron chi connectivity index (χ0n) is 24.0. The molecule has 0 unspecified atom stereocenters. The molecule has 210 valence electrons. The quantitative estimate of drug-likeness (QED) is 0.183. The number of amides is 2. The smallest absolute Gasteiger partial charge is 0.260 e. The molecule has 0 saturated heterocycles. The molecule has 1 aromatic heterocycles. The summed E-state index contributed by atoms with van der Waals surface area (Å²) >= 11 is 0. The fourth-order valence-corrected chi connectivity index (χ4v) is 4.78. The number of carbonyl (C=O) groups is 2. The van der Waals surface area contributed by atoms with Crippen LogP contribution >= 0.6 is 0 Å². The number of carbonyl (C=O) groups excluding carboxylic acids is 2. The molecule has 0 aliphatic carbocycles. The molecule has 2 amide bonds. The first-order valence-electron chi connectivity index (χ1n) is 13.3. The first-order valence-corrected chi connectivity index (χ1v) is 13.3. The van der Waals surface area contributed by atoms with Gasteiger partial charge in [-0.15, -0.1) is 0 Å². The molecule has 0 spiro atoms. The zero-order chi connectivity index (χ0) is 28.8. The van der Waals surface area contributed by atoms with Crippen LogP contribution in [0.5, 0.6) is 11.5 Å². The van der Waals surface area contributed by atoms with Gasteiger partial charge in [-0.2, -0.15) is 0 Å². The molecule has 0 saturated carbocycles. The summed E-state index contributed by atoms with van der Waals surface area (Å²) in [5.41, 5.74) is 5.44. The molecule has 40 heavy (non-hydrogen) atoms. The summed E-state index contributed by atoms with van der Waals surface area (Å²) in [5.74, 6) is 1.48. The van der Waals surface area contributed by atoms with Crippen LogP contribution in [-0.2, 0) is 4.79 Å². The van der Waals surface area contributed by atoms with Gasteiger partial charge in [-0.1, -0.05) is 18.2 Å². The van der Waals surface area contributed by atoms with Gasteiger partial charge in [0.2, 0.25) is 6.41 Å². The van der Waals surface area contributed by atoms with Crippen LogP contribution < -0.4 is 19.7 Å². The number of hydrogen-bond donors (Lipinski definition) is 2. The summed E-state index contributed by atoms with van der Waals surface area (Å²) < 4.78 is 11.9. The lowest BCUT2D eigenvalue weighted by atomic mass is 9.98. The Morgan fingerprint density at radius 1 is 1.05 bits per heavy atom. The van der Waals surface area contributed by atoms with Crippen molar-refractivity contribution in [2.24, 2.45) is 0 Å². The monoisotopic (exact) mass is 543 g/mol. The van der Waals surface area contributed by atoms with Crippen LogP contribution in [0.25, 0.3) is 22.2 Å². The number of anilines is 2. The fraction of sp³-hybridized carbons (Fsp3) is 0.323. The van der Waals surface area contributed by atoms with Crippen LogP contribution in [0.2, 0.25) is 0 Å². The number of rotatable bonds is 12. The van der Waals surface area contributed by atoms with Crippen molar-refractivity contribution in [2.75, 3.05) is 51.6 Å². The minimum Gasteiger partial charge on any atom is -0.494 e. The summed E-state index contributed by atoms with van der Waals surface area (Å²) in [5, 5.41) is 2.71. The van der Waals surface area contributed by atoms with Gasteiger partial charge >= 0.3 is 0 Å². The SMILES string of the molecule is COc1c(-c2cccc3[nH]c(C)nc23)ccc(C(=O)N(C)c2ccc(C)cc2OCCCCN(C)C)c1NC=O. The Morgan fingerprint density at radius 3 is 2.58 bits per heavy atom. The molecule has 2 N–H and O–H groups in total. The average Bonchev–Trinajstić information content (AvgIpc) is 3.32. The maximum absolute atomic E-state index is 13.9. The largest absolute Gasteiger partial charge is 0.494 e. The molecule has 0 atom stereocenters. The van der Waals surface area contributed by atoms with E-state index in [1.165, 1.54) is 12.0 Å². The minimum absolute atomic E-state index is 0.286. The summed E-state index contributed by atoms with van der Waals surface area (Å²) in [4.78, 5) is 37.2. The normalized spacial score (nSPS) is 11.1. The molecule has 0 radical (unpaired) electrons. The molecule has 0 bridgehead atoms. The highest BCUT2D eigenvalue weighted by Gasteiger charge is 2.25. The van der Waals surface area contributed by atoms with Crippen LogP contribution in [-0.4, -0.2) is 68.6 Å². The first-order chi connectivity index (χ1) is 19.2. The average molecular weight is 544 g/mol. The number of hydrogen-bond acceptors (Lipinski definition) is 6. The second kappa shape index (κ2) is 12.7. The van der Waals surface area contributed by atoms with Crippen LogP contribution in [0.1, 0.15) is 34.6 Å². The van der Waals surface area contributed by atoms with E-state index in [1.54, 1.807) is 13.1 Å². The van der Waals surface area contributed by atoms with Crippen LogP contribution in [0.4, 0.5) is 11.4 Å². The van der Waals surface area contributed by atoms with E-state index >= 15 is 0 Å². The van der Waals surface area contributed by atoms with Crippen molar-refractivity contribution >= 4 is 34.7 Å². The molecule has 0 aliphatic rings. The minimum atomic E-state index is -0.315. The fourth-order valence-electron chi connectivity index (χ4n) is 4.78. The number of para-hydroxylation sites is 1. The topological polar surface area (TPSA) is 99.8 Å². The third-order valence-electron chi connectivity index (χ3n) is 6.76. The molecule has 9 nitrogen and oxygen atoms in total. The van der Waals surface area contributed by atoms with E-state index in [4.69, 9.17) is 9.47 Å². The first kappa shape index (κ1) is 28.6. The van der Waals surface area contributed by atoms with E-state index in [9.17, 15) is 9.59 Å². The lowest BCUT2D eigenvalue weighted by Gasteiger charge is -2.24. The Bertz CT molecular complexity index is 1510. The van der Waals surface area contributed by atoms with E-state index in [1.807, 2.05) is 70.4 Å². The summed E-state index contributed by atoms with van der Waals surface area (Å²) in [7, 11) is 7.32. The Kier molecular flexibility index (Phi) is 9.06. The van der Waals surface area contributed by atoms with Crippen molar-refractivity contribution in [2.45, 2.75) is 26.7 Å². The number of unbranched alkanes of at least 4 members (excludes halogenated alkanes) is 1. The maximum Gasteiger partial charge on any atom is 0.260 e. The van der Waals surface area contributed by atoms with Crippen molar-refractivity contribution < 1.29 is 19.1 Å². The van der Waals surface area contributed by atoms with Crippen LogP contribution in [0.15, 0.2) is 48.5 Å². The lowest BCUT2D eigenvalue weighted by Crippen LogP contribution is -2.28. The Balaban J connectivity index is 1.70. The zero-order valence-corrected chi connectivity index (χ0v) is 24.0.